The third kappa shape index (κ3) is 2.90. The summed E-state index contributed by atoms with van der Waals surface area (Å²) in [6, 6.07) is 8.11. The molecule has 2 rings (SSSR count). The number of aromatic nitrogens is 2. The summed E-state index contributed by atoms with van der Waals surface area (Å²) in [5, 5.41) is 0. The van der Waals surface area contributed by atoms with E-state index in [9.17, 15) is 9.59 Å². The second-order valence-corrected chi connectivity index (χ2v) is 5.20. The van der Waals surface area contributed by atoms with Crippen molar-refractivity contribution in [3.63, 3.8) is 0 Å². The number of nitrogens with zero attached hydrogens (tertiary/aromatic N) is 1. The predicted molar refractivity (Wildman–Crippen MR) is 79.0 cm³/mol. The highest BCUT2D eigenvalue weighted by Crippen LogP contribution is 2.06. The maximum absolute atomic E-state index is 11.6. The SMILES string of the molecule is CCc1ccc(Cn2cc(I)c(=O)[nH]c2=O)cc1. The molecule has 94 valence electrons. The molecular weight excluding hydrogens is 343 g/mol. The van der Waals surface area contributed by atoms with Crippen molar-refractivity contribution in [1.82, 2.24) is 9.55 Å². The van der Waals surface area contributed by atoms with Crippen LogP contribution in [0.2, 0.25) is 0 Å². The minimum absolute atomic E-state index is 0.335. The van der Waals surface area contributed by atoms with Crippen LogP contribution in [0.15, 0.2) is 40.1 Å². The molecule has 0 amide bonds. The Morgan fingerprint density at radius 3 is 2.39 bits per heavy atom. The van der Waals surface area contributed by atoms with Gasteiger partial charge in [-0.05, 0) is 40.1 Å². The molecule has 0 radical (unpaired) electrons. The third-order valence-corrected chi connectivity index (χ3v) is 3.52. The fraction of sp³-hybridized carbons (Fsp3) is 0.231. The molecular formula is C13H13IN2O2. The quantitative estimate of drug-likeness (QED) is 0.852. The van der Waals surface area contributed by atoms with Gasteiger partial charge in [0, 0.05) is 6.20 Å². The van der Waals surface area contributed by atoms with Crippen molar-refractivity contribution in [3.8, 4) is 0 Å². The summed E-state index contributed by atoms with van der Waals surface area (Å²) in [7, 11) is 0. The molecule has 0 atom stereocenters. The van der Waals surface area contributed by atoms with E-state index in [2.05, 4.69) is 24.0 Å². The topological polar surface area (TPSA) is 54.9 Å². The van der Waals surface area contributed by atoms with Crippen LogP contribution in [-0.2, 0) is 13.0 Å². The van der Waals surface area contributed by atoms with E-state index in [4.69, 9.17) is 0 Å². The second kappa shape index (κ2) is 5.51. The van der Waals surface area contributed by atoms with Gasteiger partial charge in [-0.25, -0.2) is 4.79 Å². The summed E-state index contributed by atoms with van der Waals surface area (Å²) in [6.45, 7) is 2.57. The van der Waals surface area contributed by atoms with Crippen LogP contribution in [0.3, 0.4) is 0 Å². The van der Waals surface area contributed by atoms with Crippen LogP contribution < -0.4 is 11.2 Å². The minimum atomic E-state index is -0.375. The van der Waals surface area contributed by atoms with E-state index in [1.54, 1.807) is 6.20 Å². The van der Waals surface area contributed by atoms with Gasteiger partial charge in [-0.3, -0.25) is 14.3 Å². The summed E-state index contributed by atoms with van der Waals surface area (Å²) < 4.78 is 2.02. The van der Waals surface area contributed by atoms with E-state index >= 15 is 0 Å². The van der Waals surface area contributed by atoms with Gasteiger partial charge in [-0.15, -0.1) is 0 Å². The van der Waals surface area contributed by atoms with Crippen molar-refractivity contribution in [3.05, 3.63) is 66.0 Å². The molecule has 5 heteroatoms. The lowest BCUT2D eigenvalue weighted by Gasteiger charge is -2.06. The van der Waals surface area contributed by atoms with Gasteiger partial charge in [0.25, 0.3) is 5.56 Å². The molecule has 2 aromatic rings. The molecule has 0 aliphatic carbocycles. The predicted octanol–water partition coefficient (Wildman–Crippen LogP) is 1.75. The number of hydrogen-bond donors (Lipinski definition) is 1. The van der Waals surface area contributed by atoms with E-state index in [1.807, 2.05) is 34.7 Å². The van der Waals surface area contributed by atoms with Crippen LogP contribution in [-0.4, -0.2) is 9.55 Å². The lowest BCUT2D eigenvalue weighted by molar-refractivity contribution is 0.715. The number of aryl methyl sites for hydroxylation is 1. The molecule has 1 aromatic carbocycles. The summed E-state index contributed by atoms with van der Waals surface area (Å²) in [4.78, 5) is 25.2. The number of nitrogens with one attached hydrogen (secondary N) is 1. The Kier molecular flexibility index (Phi) is 4.00. The van der Waals surface area contributed by atoms with Gasteiger partial charge < -0.3 is 0 Å². The highest BCUT2D eigenvalue weighted by atomic mass is 127. The Morgan fingerprint density at radius 2 is 1.78 bits per heavy atom. The molecule has 1 heterocycles. The first-order valence-electron chi connectivity index (χ1n) is 5.67. The molecule has 0 saturated heterocycles. The van der Waals surface area contributed by atoms with Crippen molar-refractivity contribution in [2.45, 2.75) is 19.9 Å². The molecule has 0 aliphatic rings. The lowest BCUT2D eigenvalue weighted by atomic mass is 10.1. The molecule has 0 saturated carbocycles. The summed E-state index contributed by atoms with van der Waals surface area (Å²) in [5.41, 5.74) is 1.59. The fourth-order valence-electron chi connectivity index (χ4n) is 1.68. The first kappa shape index (κ1) is 13.1. The average molecular weight is 356 g/mol. The van der Waals surface area contributed by atoms with Crippen LogP contribution in [0.25, 0.3) is 0 Å². The molecule has 0 bridgehead atoms. The van der Waals surface area contributed by atoms with Gasteiger partial charge in [0.2, 0.25) is 0 Å². The minimum Gasteiger partial charge on any atom is -0.295 e. The van der Waals surface area contributed by atoms with E-state index in [-0.39, 0.29) is 11.2 Å². The van der Waals surface area contributed by atoms with Crippen LogP contribution in [0.4, 0.5) is 0 Å². The summed E-state index contributed by atoms with van der Waals surface area (Å²) >= 11 is 1.92. The Hall–Kier alpha value is -1.37. The number of aromatic amines is 1. The van der Waals surface area contributed by atoms with Crippen LogP contribution in [0, 0.1) is 3.57 Å². The third-order valence-electron chi connectivity index (χ3n) is 2.75. The van der Waals surface area contributed by atoms with Gasteiger partial charge in [-0.1, -0.05) is 31.2 Å². The van der Waals surface area contributed by atoms with Gasteiger partial charge in [0.15, 0.2) is 0 Å². The molecule has 4 nitrogen and oxygen atoms in total. The Morgan fingerprint density at radius 1 is 1.17 bits per heavy atom. The first-order valence-corrected chi connectivity index (χ1v) is 6.75. The fourth-order valence-corrected chi connectivity index (χ4v) is 2.15. The number of H-pyrrole nitrogens is 1. The van der Waals surface area contributed by atoms with Crippen molar-refractivity contribution < 1.29 is 0 Å². The maximum Gasteiger partial charge on any atom is 0.328 e. The molecule has 1 aromatic heterocycles. The smallest absolute Gasteiger partial charge is 0.295 e. The standard InChI is InChI=1S/C13H13IN2O2/c1-2-9-3-5-10(6-4-9)7-16-8-11(14)12(17)15-13(16)18/h3-6,8H,2,7H2,1H3,(H,15,17,18). The normalized spacial score (nSPS) is 10.6. The van der Waals surface area contributed by atoms with Crippen molar-refractivity contribution in [2.75, 3.05) is 0 Å². The van der Waals surface area contributed by atoms with Crippen molar-refractivity contribution in [1.29, 1.82) is 0 Å². The lowest BCUT2D eigenvalue weighted by Crippen LogP contribution is -2.31. The van der Waals surface area contributed by atoms with E-state index in [0.29, 0.717) is 10.1 Å². The molecule has 0 spiro atoms. The first-order chi connectivity index (χ1) is 8.60. The molecule has 0 aliphatic heterocycles. The van der Waals surface area contributed by atoms with E-state index in [1.165, 1.54) is 10.1 Å². The van der Waals surface area contributed by atoms with E-state index < -0.39 is 0 Å². The number of benzene rings is 1. The average Bonchev–Trinajstić information content (AvgIpc) is 2.37. The Balaban J connectivity index is 2.31. The van der Waals surface area contributed by atoms with Gasteiger partial charge in [-0.2, -0.15) is 0 Å². The molecule has 18 heavy (non-hydrogen) atoms. The molecule has 0 unspecified atom stereocenters. The van der Waals surface area contributed by atoms with Crippen LogP contribution in [0.1, 0.15) is 18.1 Å². The number of halogens is 1. The second-order valence-electron chi connectivity index (χ2n) is 4.03. The zero-order valence-electron chi connectivity index (χ0n) is 9.94. The summed E-state index contributed by atoms with van der Waals surface area (Å²) in [6.07, 6.45) is 2.58. The van der Waals surface area contributed by atoms with Gasteiger partial charge in [0.05, 0.1) is 10.1 Å². The van der Waals surface area contributed by atoms with Crippen LogP contribution in [0.5, 0.6) is 0 Å². The highest BCUT2D eigenvalue weighted by Gasteiger charge is 2.02. The van der Waals surface area contributed by atoms with Crippen molar-refractivity contribution >= 4 is 22.6 Å². The zero-order valence-corrected chi connectivity index (χ0v) is 12.1. The maximum atomic E-state index is 11.6. The van der Waals surface area contributed by atoms with Gasteiger partial charge in [0.1, 0.15) is 0 Å². The van der Waals surface area contributed by atoms with Gasteiger partial charge >= 0.3 is 5.69 Å². The number of rotatable bonds is 3. The summed E-state index contributed by atoms with van der Waals surface area (Å²) in [5.74, 6) is 0. The Bertz CT molecular complexity index is 656. The monoisotopic (exact) mass is 356 g/mol. The van der Waals surface area contributed by atoms with Crippen LogP contribution >= 0.6 is 22.6 Å². The largest absolute Gasteiger partial charge is 0.328 e. The Labute approximate surface area is 118 Å². The zero-order chi connectivity index (χ0) is 13.1. The highest BCUT2D eigenvalue weighted by molar-refractivity contribution is 14.1. The number of hydrogen-bond acceptors (Lipinski definition) is 2. The van der Waals surface area contributed by atoms with E-state index in [0.717, 1.165) is 12.0 Å². The molecule has 0 fully saturated rings. The molecule has 1 N–H and O–H groups in total. The van der Waals surface area contributed by atoms with Crippen molar-refractivity contribution in [2.24, 2.45) is 0 Å².